The van der Waals surface area contributed by atoms with Crippen molar-refractivity contribution in [1.29, 1.82) is 0 Å². The van der Waals surface area contributed by atoms with E-state index in [0.29, 0.717) is 35.8 Å². The monoisotopic (exact) mass is 431 g/mol. The molecule has 0 bridgehead atoms. The average molecular weight is 431 g/mol. The summed E-state index contributed by atoms with van der Waals surface area (Å²) in [4.78, 5) is 27.0. The first-order valence-electron chi connectivity index (χ1n) is 10.1. The lowest BCUT2D eigenvalue weighted by molar-refractivity contribution is -0.139. The molecule has 1 aliphatic heterocycles. The molecule has 0 aliphatic carbocycles. The van der Waals surface area contributed by atoms with Crippen LogP contribution >= 0.6 is 0 Å². The number of carbonyl (C=O) groups is 2. The third kappa shape index (κ3) is 4.64. The fourth-order valence-electron chi connectivity index (χ4n) is 3.48. The Hall–Kier alpha value is -4.06. The van der Waals surface area contributed by atoms with Crippen LogP contribution in [0, 0.1) is 0 Å². The molecule has 1 N–H and O–H groups in total. The van der Waals surface area contributed by atoms with Gasteiger partial charge in [0.15, 0.2) is 0 Å². The lowest BCUT2D eigenvalue weighted by Gasteiger charge is -2.24. The molecule has 32 heavy (non-hydrogen) atoms. The maximum absolute atomic E-state index is 12.9. The molecule has 0 saturated carbocycles. The van der Waals surface area contributed by atoms with Crippen molar-refractivity contribution < 1.29 is 24.2 Å². The summed E-state index contributed by atoms with van der Waals surface area (Å²) < 4.78 is 11.0. The Kier molecular flexibility index (Phi) is 7.29. The number of rotatable bonds is 10. The second-order valence-corrected chi connectivity index (χ2v) is 7.03. The van der Waals surface area contributed by atoms with Gasteiger partial charge in [-0.15, -0.1) is 6.58 Å². The summed E-state index contributed by atoms with van der Waals surface area (Å²) in [6, 6.07) is 12.9. The quantitative estimate of drug-likeness (QED) is 0.261. The molecule has 0 aromatic heterocycles. The number of nitrogens with zero attached hydrogens (tertiary/aromatic N) is 1. The molecule has 0 spiro atoms. The van der Waals surface area contributed by atoms with Crippen molar-refractivity contribution in [3.05, 3.63) is 103 Å². The van der Waals surface area contributed by atoms with Crippen molar-refractivity contribution in [2.24, 2.45) is 0 Å². The number of ketones is 1. The highest BCUT2D eigenvalue weighted by atomic mass is 16.5. The number of likely N-dealkylation sites (tertiary alicyclic amines) is 1. The van der Waals surface area contributed by atoms with Crippen LogP contribution < -0.4 is 9.47 Å². The Morgan fingerprint density at radius 2 is 1.41 bits per heavy atom. The number of aliphatic hydroxyl groups is 1. The van der Waals surface area contributed by atoms with Gasteiger partial charge in [-0.3, -0.25) is 9.59 Å². The van der Waals surface area contributed by atoms with Gasteiger partial charge in [-0.05, 0) is 42.0 Å². The van der Waals surface area contributed by atoms with Gasteiger partial charge in [-0.1, -0.05) is 43.5 Å². The van der Waals surface area contributed by atoms with Gasteiger partial charge in [0.1, 0.15) is 30.5 Å². The van der Waals surface area contributed by atoms with E-state index in [-0.39, 0.29) is 17.9 Å². The average Bonchev–Trinajstić information content (AvgIpc) is 3.07. The van der Waals surface area contributed by atoms with E-state index in [1.807, 2.05) is 0 Å². The maximum Gasteiger partial charge on any atom is 0.295 e. The van der Waals surface area contributed by atoms with E-state index in [4.69, 9.17) is 9.47 Å². The van der Waals surface area contributed by atoms with Gasteiger partial charge in [0.2, 0.25) is 0 Å². The Bertz CT molecular complexity index is 1050. The molecular weight excluding hydrogens is 406 g/mol. The summed E-state index contributed by atoms with van der Waals surface area (Å²) in [5.74, 6) is -0.450. The van der Waals surface area contributed by atoms with Crippen LogP contribution in [0.15, 0.2) is 92.1 Å². The third-order valence-corrected chi connectivity index (χ3v) is 4.93. The fourth-order valence-corrected chi connectivity index (χ4v) is 3.48. The Morgan fingerprint density at radius 1 is 0.875 bits per heavy atom. The minimum Gasteiger partial charge on any atom is -0.507 e. The van der Waals surface area contributed by atoms with E-state index in [0.717, 1.165) is 0 Å². The summed E-state index contributed by atoms with van der Waals surface area (Å²) in [5, 5.41) is 11.0. The Morgan fingerprint density at radius 3 is 1.91 bits per heavy atom. The molecule has 6 heteroatoms. The van der Waals surface area contributed by atoms with Gasteiger partial charge in [0.05, 0.1) is 11.6 Å². The molecule has 0 unspecified atom stereocenters. The summed E-state index contributed by atoms with van der Waals surface area (Å²) in [6.07, 6.45) is 4.81. The predicted octanol–water partition coefficient (Wildman–Crippen LogP) is 4.42. The molecule has 2 aromatic carbocycles. The molecule has 1 aliphatic rings. The molecule has 3 rings (SSSR count). The van der Waals surface area contributed by atoms with Crippen molar-refractivity contribution in [2.75, 3.05) is 19.8 Å². The number of ether oxygens (including phenoxy) is 2. The second-order valence-electron chi connectivity index (χ2n) is 7.03. The van der Waals surface area contributed by atoms with E-state index in [1.165, 1.54) is 4.90 Å². The molecular formula is C26H25NO5. The van der Waals surface area contributed by atoms with Crippen LogP contribution in [0.25, 0.3) is 5.76 Å². The topological polar surface area (TPSA) is 76.1 Å². The number of benzene rings is 2. The van der Waals surface area contributed by atoms with Crippen molar-refractivity contribution in [2.45, 2.75) is 6.04 Å². The van der Waals surface area contributed by atoms with Crippen LogP contribution in [0.4, 0.5) is 0 Å². The third-order valence-electron chi connectivity index (χ3n) is 4.93. The van der Waals surface area contributed by atoms with Crippen LogP contribution in [0.5, 0.6) is 11.5 Å². The van der Waals surface area contributed by atoms with Crippen LogP contribution in [0.1, 0.15) is 17.2 Å². The van der Waals surface area contributed by atoms with Gasteiger partial charge in [-0.2, -0.15) is 0 Å². The van der Waals surface area contributed by atoms with Crippen LogP contribution in [-0.2, 0) is 9.59 Å². The minimum absolute atomic E-state index is 0.0244. The lowest BCUT2D eigenvalue weighted by atomic mass is 9.95. The van der Waals surface area contributed by atoms with E-state index in [2.05, 4.69) is 19.7 Å². The van der Waals surface area contributed by atoms with Gasteiger partial charge in [0.25, 0.3) is 11.7 Å². The van der Waals surface area contributed by atoms with E-state index >= 15 is 0 Å². The van der Waals surface area contributed by atoms with Crippen molar-refractivity contribution in [1.82, 2.24) is 4.90 Å². The summed E-state index contributed by atoms with van der Waals surface area (Å²) >= 11 is 0. The van der Waals surface area contributed by atoms with E-state index < -0.39 is 17.7 Å². The highest BCUT2D eigenvalue weighted by Gasteiger charge is 2.45. The number of aliphatic hydroxyl groups excluding tert-OH is 1. The largest absolute Gasteiger partial charge is 0.507 e. The zero-order valence-electron chi connectivity index (χ0n) is 17.7. The summed E-state index contributed by atoms with van der Waals surface area (Å²) in [5.41, 5.74) is 1.10. The van der Waals surface area contributed by atoms with Gasteiger partial charge in [0, 0.05) is 12.1 Å². The SMILES string of the molecule is C=CCOc1ccc(C(O)=C2C(=O)C(=O)N(CC=C)[C@H]2c2ccc(OCC=C)cc2)cc1. The number of hydrogen-bond acceptors (Lipinski definition) is 5. The number of carbonyl (C=O) groups excluding carboxylic acids is 2. The van der Waals surface area contributed by atoms with E-state index in [1.54, 1.807) is 66.8 Å². The first-order valence-corrected chi connectivity index (χ1v) is 10.1. The molecule has 1 atom stereocenters. The van der Waals surface area contributed by atoms with Crippen molar-refractivity contribution >= 4 is 17.4 Å². The zero-order valence-corrected chi connectivity index (χ0v) is 17.7. The summed E-state index contributed by atoms with van der Waals surface area (Å²) in [6.45, 7) is 11.8. The number of hydrogen-bond donors (Lipinski definition) is 1. The predicted molar refractivity (Wildman–Crippen MR) is 123 cm³/mol. The fraction of sp³-hybridized carbons (Fsp3) is 0.154. The van der Waals surface area contributed by atoms with Crippen LogP contribution in [-0.4, -0.2) is 41.5 Å². The molecule has 1 saturated heterocycles. The smallest absolute Gasteiger partial charge is 0.295 e. The standard InChI is InChI=1S/C26H25NO5/c1-4-15-27-23(18-7-11-20(12-8-18)31-16-5-2)22(25(29)26(27)30)24(28)19-9-13-21(14-10-19)32-17-6-3/h4-14,23,28H,1-3,15-17H2/t23-/m0/s1. The van der Waals surface area contributed by atoms with Gasteiger partial charge >= 0.3 is 0 Å². The second kappa shape index (κ2) is 10.3. The zero-order chi connectivity index (χ0) is 23.1. The van der Waals surface area contributed by atoms with Crippen LogP contribution in [0.2, 0.25) is 0 Å². The van der Waals surface area contributed by atoms with Crippen molar-refractivity contribution in [3.63, 3.8) is 0 Å². The highest BCUT2D eigenvalue weighted by molar-refractivity contribution is 6.46. The van der Waals surface area contributed by atoms with Gasteiger partial charge in [-0.25, -0.2) is 0 Å². The Labute approximate surface area is 187 Å². The van der Waals surface area contributed by atoms with E-state index in [9.17, 15) is 14.7 Å². The first-order chi connectivity index (χ1) is 15.5. The molecule has 164 valence electrons. The van der Waals surface area contributed by atoms with Crippen LogP contribution in [0.3, 0.4) is 0 Å². The Balaban J connectivity index is 2.03. The number of Topliss-reactive ketones (excluding diaryl/α,β-unsaturated/α-hetero) is 1. The highest BCUT2D eigenvalue weighted by Crippen LogP contribution is 2.39. The van der Waals surface area contributed by atoms with Crippen molar-refractivity contribution in [3.8, 4) is 11.5 Å². The molecule has 6 nitrogen and oxygen atoms in total. The normalized spacial score (nSPS) is 17.1. The number of amides is 1. The molecule has 0 radical (unpaired) electrons. The summed E-state index contributed by atoms with van der Waals surface area (Å²) in [7, 11) is 0. The molecule has 1 fully saturated rings. The minimum atomic E-state index is -0.752. The first kappa shape index (κ1) is 22.6. The lowest BCUT2D eigenvalue weighted by Crippen LogP contribution is -2.29. The molecule has 2 aromatic rings. The van der Waals surface area contributed by atoms with Gasteiger partial charge < -0.3 is 19.5 Å². The molecule has 1 heterocycles. The maximum atomic E-state index is 12.9. The molecule has 1 amide bonds.